The molecule has 0 saturated heterocycles. The van der Waals surface area contributed by atoms with E-state index in [1.807, 2.05) is 24.3 Å². The number of nitrogens with two attached hydrogens (primary N) is 1. The minimum absolute atomic E-state index is 0.461. The first-order valence-corrected chi connectivity index (χ1v) is 5.39. The van der Waals surface area contributed by atoms with Crippen LogP contribution in [0.15, 0.2) is 24.3 Å². The highest BCUT2D eigenvalue weighted by atomic mass is 16.5. The number of hydrogen-bond donors (Lipinski definition) is 2. The van der Waals surface area contributed by atoms with Gasteiger partial charge in [0.25, 0.3) is 5.91 Å². The first-order chi connectivity index (χ1) is 7.63. The standard InChI is InChI=1S/C12H18N2O2/c1-3-14-8-10-5-4-6-11(7-10)16-9(2)12(13)15/h4-7,9,14H,3,8H2,1-2H3,(H2,13,15). The summed E-state index contributed by atoms with van der Waals surface area (Å²) in [6.45, 7) is 5.40. The SMILES string of the molecule is CCNCc1cccc(OC(C)C(N)=O)c1. The number of primary amides is 1. The van der Waals surface area contributed by atoms with Crippen LogP contribution in [0.25, 0.3) is 0 Å². The van der Waals surface area contributed by atoms with Crippen LogP contribution in [0.4, 0.5) is 0 Å². The van der Waals surface area contributed by atoms with Crippen molar-refractivity contribution in [1.82, 2.24) is 5.32 Å². The van der Waals surface area contributed by atoms with Gasteiger partial charge in [-0.3, -0.25) is 4.79 Å². The lowest BCUT2D eigenvalue weighted by atomic mass is 10.2. The molecule has 0 spiro atoms. The van der Waals surface area contributed by atoms with Crippen molar-refractivity contribution < 1.29 is 9.53 Å². The minimum atomic E-state index is -0.602. The van der Waals surface area contributed by atoms with Gasteiger partial charge in [0.2, 0.25) is 0 Å². The molecule has 0 radical (unpaired) electrons. The Bertz CT molecular complexity index is 353. The van der Waals surface area contributed by atoms with Crippen molar-refractivity contribution >= 4 is 5.91 Å². The summed E-state index contributed by atoms with van der Waals surface area (Å²) in [5.74, 6) is 0.207. The van der Waals surface area contributed by atoms with E-state index in [4.69, 9.17) is 10.5 Å². The molecule has 0 aromatic heterocycles. The lowest BCUT2D eigenvalue weighted by molar-refractivity contribution is -0.123. The molecule has 0 aliphatic heterocycles. The van der Waals surface area contributed by atoms with Crippen LogP contribution >= 0.6 is 0 Å². The van der Waals surface area contributed by atoms with Crippen molar-refractivity contribution in [3.8, 4) is 5.75 Å². The second-order valence-corrected chi connectivity index (χ2v) is 3.59. The first-order valence-electron chi connectivity index (χ1n) is 5.39. The fraction of sp³-hybridized carbons (Fsp3) is 0.417. The summed E-state index contributed by atoms with van der Waals surface area (Å²) in [5, 5.41) is 3.22. The average Bonchev–Trinajstić information content (AvgIpc) is 2.26. The second kappa shape index (κ2) is 6.12. The van der Waals surface area contributed by atoms with Gasteiger partial charge in [0.05, 0.1) is 0 Å². The lowest BCUT2D eigenvalue weighted by Gasteiger charge is -2.12. The third kappa shape index (κ3) is 3.90. The molecule has 1 unspecified atom stereocenters. The molecule has 4 nitrogen and oxygen atoms in total. The van der Waals surface area contributed by atoms with E-state index < -0.39 is 12.0 Å². The molecule has 0 aliphatic carbocycles. The topological polar surface area (TPSA) is 64.3 Å². The molecule has 16 heavy (non-hydrogen) atoms. The molecule has 0 aliphatic rings. The monoisotopic (exact) mass is 222 g/mol. The van der Waals surface area contributed by atoms with Crippen molar-refractivity contribution in [2.75, 3.05) is 6.54 Å². The normalized spacial score (nSPS) is 12.1. The summed E-state index contributed by atoms with van der Waals surface area (Å²) in [6, 6.07) is 7.62. The van der Waals surface area contributed by atoms with Gasteiger partial charge in [0, 0.05) is 6.54 Å². The predicted molar refractivity (Wildman–Crippen MR) is 63.1 cm³/mol. The predicted octanol–water partition coefficient (Wildman–Crippen LogP) is 1.05. The fourth-order valence-electron chi connectivity index (χ4n) is 1.26. The summed E-state index contributed by atoms with van der Waals surface area (Å²) in [7, 11) is 0. The molecule has 0 bridgehead atoms. The van der Waals surface area contributed by atoms with Gasteiger partial charge in [-0.15, -0.1) is 0 Å². The molecule has 88 valence electrons. The Kier molecular flexibility index (Phi) is 4.79. The van der Waals surface area contributed by atoms with Crippen molar-refractivity contribution in [1.29, 1.82) is 0 Å². The lowest BCUT2D eigenvalue weighted by Crippen LogP contribution is -2.30. The van der Waals surface area contributed by atoms with E-state index in [1.54, 1.807) is 6.92 Å². The Morgan fingerprint density at radius 2 is 2.31 bits per heavy atom. The Labute approximate surface area is 95.8 Å². The molecule has 3 N–H and O–H groups in total. The number of nitrogens with one attached hydrogen (secondary N) is 1. The van der Waals surface area contributed by atoms with Crippen molar-refractivity contribution in [3.63, 3.8) is 0 Å². The van der Waals surface area contributed by atoms with Gasteiger partial charge in [0.1, 0.15) is 5.75 Å². The molecule has 0 fully saturated rings. The molecule has 1 aromatic rings. The summed E-state index contributed by atoms with van der Waals surface area (Å²) in [4.78, 5) is 10.8. The van der Waals surface area contributed by atoms with E-state index in [-0.39, 0.29) is 0 Å². The third-order valence-electron chi connectivity index (χ3n) is 2.19. The quantitative estimate of drug-likeness (QED) is 0.756. The summed E-state index contributed by atoms with van der Waals surface area (Å²) >= 11 is 0. The molecule has 1 aromatic carbocycles. The number of ether oxygens (including phenoxy) is 1. The van der Waals surface area contributed by atoms with E-state index in [2.05, 4.69) is 12.2 Å². The average molecular weight is 222 g/mol. The maximum atomic E-state index is 10.8. The van der Waals surface area contributed by atoms with Crippen LogP contribution in [0.3, 0.4) is 0 Å². The molecule has 0 saturated carbocycles. The third-order valence-corrected chi connectivity index (χ3v) is 2.19. The van der Waals surface area contributed by atoms with Gasteiger partial charge < -0.3 is 15.8 Å². The highest BCUT2D eigenvalue weighted by molar-refractivity contribution is 5.78. The van der Waals surface area contributed by atoms with Gasteiger partial charge >= 0.3 is 0 Å². The summed E-state index contributed by atoms with van der Waals surface area (Å²) in [6.07, 6.45) is -0.602. The second-order valence-electron chi connectivity index (χ2n) is 3.59. The Morgan fingerprint density at radius 1 is 1.56 bits per heavy atom. The van der Waals surface area contributed by atoms with Crippen molar-refractivity contribution in [3.05, 3.63) is 29.8 Å². The van der Waals surface area contributed by atoms with Crippen LogP contribution in [0, 0.1) is 0 Å². The molecular weight excluding hydrogens is 204 g/mol. The van der Waals surface area contributed by atoms with Crippen LogP contribution in [-0.4, -0.2) is 18.6 Å². The summed E-state index contributed by atoms with van der Waals surface area (Å²) in [5.41, 5.74) is 6.25. The zero-order valence-corrected chi connectivity index (χ0v) is 9.69. The van der Waals surface area contributed by atoms with E-state index in [0.717, 1.165) is 18.7 Å². The highest BCUT2D eigenvalue weighted by Gasteiger charge is 2.09. The van der Waals surface area contributed by atoms with E-state index in [9.17, 15) is 4.79 Å². The maximum Gasteiger partial charge on any atom is 0.258 e. The van der Waals surface area contributed by atoms with E-state index in [1.165, 1.54) is 0 Å². The van der Waals surface area contributed by atoms with Crippen molar-refractivity contribution in [2.45, 2.75) is 26.5 Å². The number of benzene rings is 1. The van der Waals surface area contributed by atoms with Gasteiger partial charge in [-0.05, 0) is 31.2 Å². The minimum Gasteiger partial charge on any atom is -0.481 e. The Hall–Kier alpha value is -1.55. The first kappa shape index (κ1) is 12.5. The molecule has 4 heteroatoms. The highest BCUT2D eigenvalue weighted by Crippen LogP contribution is 2.14. The van der Waals surface area contributed by atoms with Crippen LogP contribution in [0.1, 0.15) is 19.4 Å². The summed E-state index contributed by atoms with van der Waals surface area (Å²) < 4.78 is 5.39. The van der Waals surface area contributed by atoms with Crippen LogP contribution < -0.4 is 15.8 Å². The number of hydrogen-bond acceptors (Lipinski definition) is 3. The van der Waals surface area contributed by atoms with Gasteiger partial charge in [-0.2, -0.15) is 0 Å². The van der Waals surface area contributed by atoms with Crippen molar-refractivity contribution in [2.24, 2.45) is 5.73 Å². The smallest absolute Gasteiger partial charge is 0.258 e. The molecule has 0 heterocycles. The molecular formula is C12H18N2O2. The zero-order chi connectivity index (χ0) is 12.0. The fourth-order valence-corrected chi connectivity index (χ4v) is 1.26. The number of carbonyl (C=O) groups excluding carboxylic acids is 1. The maximum absolute atomic E-state index is 10.8. The van der Waals surface area contributed by atoms with E-state index in [0.29, 0.717) is 5.75 Å². The van der Waals surface area contributed by atoms with Gasteiger partial charge in [-0.1, -0.05) is 19.1 Å². The number of carbonyl (C=O) groups is 1. The molecule has 1 rings (SSSR count). The van der Waals surface area contributed by atoms with Gasteiger partial charge in [0.15, 0.2) is 6.10 Å². The zero-order valence-electron chi connectivity index (χ0n) is 9.69. The largest absolute Gasteiger partial charge is 0.481 e. The van der Waals surface area contributed by atoms with Gasteiger partial charge in [-0.25, -0.2) is 0 Å². The van der Waals surface area contributed by atoms with Crippen LogP contribution in [-0.2, 0) is 11.3 Å². The molecule has 1 atom stereocenters. The van der Waals surface area contributed by atoms with Crippen LogP contribution in [0.5, 0.6) is 5.75 Å². The number of amides is 1. The van der Waals surface area contributed by atoms with Crippen LogP contribution in [0.2, 0.25) is 0 Å². The molecule has 1 amide bonds. The number of rotatable bonds is 6. The van der Waals surface area contributed by atoms with E-state index >= 15 is 0 Å². The Balaban J connectivity index is 2.63. The Morgan fingerprint density at radius 3 is 2.94 bits per heavy atom.